The second-order valence-electron chi connectivity index (χ2n) is 5.78. The van der Waals surface area contributed by atoms with Gasteiger partial charge < -0.3 is 5.73 Å². The molecular weight excluding hydrogens is 318 g/mol. The number of hydrogen-bond acceptors (Lipinski definition) is 4. The molecule has 0 radical (unpaired) electrons. The van der Waals surface area contributed by atoms with Crippen LogP contribution in [0.1, 0.15) is 24.4 Å². The molecule has 0 saturated carbocycles. The number of aromatic nitrogens is 3. The Hall–Kier alpha value is -2.57. The Morgan fingerprint density at radius 2 is 1.62 bits per heavy atom. The molecule has 0 amide bonds. The van der Waals surface area contributed by atoms with E-state index >= 15 is 0 Å². The molecule has 4 N–H and O–H groups in total. The van der Waals surface area contributed by atoms with Crippen molar-refractivity contribution >= 4 is 17.5 Å². The maximum atomic E-state index is 4.21. The zero-order chi connectivity index (χ0) is 16.5. The Morgan fingerprint density at radius 1 is 0.958 bits per heavy atom. The molecule has 0 spiro atoms. The van der Waals surface area contributed by atoms with Gasteiger partial charge in [-0.1, -0.05) is 66.4 Å². The van der Waals surface area contributed by atoms with Crippen molar-refractivity contribution in [3.63, 3.8) is 0 Å². The second-order valence-corrected chi connectivity index (χ2v) is 6.62. The first-order valence-electron chi connectivity index (χ1n) is 7.80. The molecule has 1 aliphatic rings. The molecule has 1 aliphatic heterocycles. The standard InChI is InChI=1S/C18H17N5S/c1-12(19)17-20-21-18-23(17)22-16(11-24-18)15-9-7-14(8-10-15)13-5-3-2-4-6-13/h2-12,22H,19H2,1H3/p+1/t12-/m0/s1. The molecule has 4 rings (SSSR count). The predicted octanol–water partition coefficient (Wildman–Crippen LogP) is 2.90. The Labute approximate surface area is 144 Å². The summed E-state index contributed by atoms with van der Waals surface area (Å²) < 4.78 is 1.92. The summed E-state index contributed by atoms with van der Waals surface area (Å²) >= 11 is 1.57. The van der Waals surface area contributed by atoms with Crippen LogP contribution in [-0.2, 0) is 0 Å². The van der Waals surface area contributed by atoms with Crippen molar-refractivity contribution in [1.82, 2.24) is 14.9 Å². The van der Waals surface area contributed by atoms with E-state index < -0.39 is 0 Å². The maximum absolute atomic E-state index is 4.21. The molecule has 0 bridgehead atoms. The number of benzene rings is 2. The number of rotatable bonds is 3. The summed E-state index contributed by atoms with van der Waals surface area (Å²) in [4.78, 5) is 0. The Morgan fingerprint density at radius 3 is 2.33 bits per heavy atom. The van der Waals surface area contributed by atoms with Crippen molar-refractivity contribution in [2.24, 2.45) is 0 Å². The van der Waals surface area contributed by atoms with Crippen molar-refractivity contribution in [2.75, 3.05) is 5.43 Å². The van der Waals surface area contributed by atoms with Gasteiger partial charge in [0.15, 0.2) is 0 Å². The van der Waals surface area contributed by atoms with Gasteiger partial charge in [0.25, 0.3) is 0 Å². The van der Waals surface area contributed by atoms with Gasteiger partial charge >= 0.3 is 0 Å². The van der Waals surface area contributed by atoms with E-state index in [4.69, 9.17) is 0 Å². The van der Waals surface area contributed by atoms with Crippen LogP contribution in [0.4, 0.5) is 0 Å². The van der Waals surface area contributed by atoms with E-state index in [1.807, 2.05) is 17.7 Å². The third kappa shape index (κ3) is 2.70. The maximum Gasteiger partial charge on any atom is 0.214 e. The molecule has 6 heteroatoms. The van der Waals surface area contributed by atoms with E-state index in [-0.39, 0.29) is 6.04 Å². The van der Waals surface area contributed by atoms with Gasteiger partial charge in [-0.25, -0.2) is 4.68 Å². The van der Waals surface area contributed by atoms with Gasteiger partial charge in [-0.3, -0.25) is 5.43 Å². The highest BCUT2D eigenvalue weighted by atomic mass is 32.2. The SMILES string of the molecule is C[C@H]([NH3+])c1nnc2n1NC(c1ccc(-c3ccccc3)cc1)=CS2. The van der Waals surface area contributed by atoms with E-state index in [9.17, 15) is 0 Å². The lowest BCUT2D eigenvalue weighted by Crippen LogP contribution is -2.53. The largest absolute Gasteiger partial charge is 0.349 e. The first-order valence-corrected chi connectivity index (χ1v) is 8.68. The van der Waals surface area contributed by atoms with Crippen LogP contribution in [0.25, 0.3) is 16.8 Å². The number of thioether (sulfide) groups is 1. The summed E-state index contributed by atoms with van der Waals surface area (Å²) in [7, 11) is 0. The average molecular weight is 336 g/mol. The molecule has 2 heterocycles. The molecule has 0 fully saturated rings. The molecule has 2 aromatic carbocycles. The number of quaternary nitrogens is 1. The van der Waals surface area contributed by atoms with Crippen molar-refractivity contribution in [2.45, 2.75) is 18.1 Å². The fourth-order valence-corrected chi connectivity index (χ4v) is 3.39. The summed E-state index contributed by atoms with van der Waals surface area (Å²) in [6.07, 6.45) is 0. The minimum absolute atomic E-state index is 0.0687. The summed E-state index contributed by atoms with van der Waals surface area (Å²) in [5.41, 5.74) is 12.0. The first kappa shape index (κ1) is 15.0. The molecule has 1 aromatic heterocycles. The van der Waals surface area contributed by atoms with Gasteiger partial charge in [-0.2, -0.15) is 0 Å². The lowest BCUT2D eigenvalue weighted by atomic mass is 10.0. The lowest BCUT2D eigenvalue weighted by molar-refractivity contribution is -0.423. The van der Waals surface area contributed by atoms with Crippen molar-refractivity contribution in [3.05, 3.63) is 71.4 Å². The van der Waals surface area contributed by atoms with Crippen LogP contribution in [0.15, 0.2) is 65.2 Å². The minimum Gasteiger partial charge on any atom is -0.349 e. The molecule has 0 saturated heterocycles. The van der Waals surface area contributed by atoms with Crippen molar-refractivity contribution in [3.8, 4) is 11.1 Å². The minimum atomic E-state index is 0.0687. The highest BCUT2D eigenvalue weighted by Crippen LogP contribution is 2.30. The summed E-state index contributed by atoms with van der Waals surface area (Å²) in [6.45, 7) is 2.01. The monoisotopic (exact) mass is 336 g/mol. The van der Waals surface area contributed by atoms with Crippen molar-refractivity contribution < 1.29 is 5.73 Å². The fourth-order valence-electron chi connectivity index (χ4n) is 2.65. The molecule has 0 unspecified atom stereocenters. The third-order valence-corrected chi connectivity index (χ3v) is 4.75. The third-order valence-electron chi connectivity index (χ3n) is 3.92. The number of nitrogens with zero attached hydrogens (tertiary/aromatic N) is 3. The lowest BCUT2D eigenvalue weighted by Gasteiger charge is -2.19. The smallest absolute Gasteiger partial charge is 0.214 e. The number of nitrogens with one attached hydrogen (secondary N) is 1. The summed E-state index contributed by atoms with van der Waals surface area (Å²) in [5.74, 6) is 0.837. The van der Waals surface area contributed by atoms with Crippen LogP contribution >= 0.6 is 11.8 Å². The quantitative estimate of drug-likeness (QED) is 0.771. The van der Waals surface area contributed by atoms with E-state index in [1.165, 1.54) is 11.1 Å². The number of fused-ring (bicyclic) bond motifs is 1. The fraction of sp³-hybridized carbons (Fsp3) is 0.111. The molecule has 3 aromatic rings. The molecular formula is C18H18N5S+. The van der Waals surface area contributed by atoms with Crippen LogP contribution in [0, 0.1) is 0 Å². The Balaban J connectivity index is 1.61. The molecule has 5 nitrogen and oxygen atoms in total. The Bertz CT molecular complexity index is 882. The van der Waals surface area contributed by atoms with Gasteiger partial charge in [0, 0.05) is 5.41 Å². The molecule has 1 atom stereocenters. The molecule has 24 heavy (non-hydrogen) atoms. The average Bonchev–Trinajstić information content (AvgIpc) is 3.06. The van der Waals surface area contributed by atoms with E-state index in [1.54, 1.807) is 11.8 Å². The van der Waals surface area contributed by atoms with Gasteiger partial charge in [0.05, 0.1) is 5.70 Å². The van der Waals surface area contributed by atoms with Crippen LogP contribution in [0.2, 0.25) is 0 Å². The van der Waals surface area contributed by atoms with Crippen LogP contribution in [-0.4, -0.2) is 14.9 Å². The van der Waals surface area contributed by atoms with Gasteiger partial charge in [-0.05, 0) is 23.6 Å². The van der Waals surface area contributed by atoms with E-state index in [0.717, 1.165) is 22.2 Å². The second kappa shape index (κ2) is 6.14. The zero-order valence-electron chi connectivity index (χ0n) is 13.3. The highest BCUT2D eigenvalue weighted by Gasteiger charge is 2.21. The highest BCUT2D eigenvalue weighted by molar-refractivity contribution is 8.02. The van der Waals surface area contributed by atoms with E-state index in [0.29, 0.717) is 0 Å². The van der Waals surface area contributed by atoms with Gasteiger partial charge in [-0.15, -0.1) is 10.2 Å². The van der Waals surface area contributed by atoms with Gasteiger partial charge in [0.2, 0.25) is 11.0 Å². The van der Waals surface area contributed by atoms with Gasteiger partial charge in [0.1, 0.15) is 6.04 Å². The predicted molar refractivity (Wildman–Crippen MR) is 96.4 cm³/mol. The normalized spacial score (nSPS) is 14.5. The summed E-state index contributed by atoms with van der Waals surface area (Å²) in [5, 5.41) is 11.3. The number of hydrogen-bond donors (Lipinski definition) is 2. The first-order chi connectivity index (χ1) is 11.7. The van der Waals surface area contributed by atoms with Crippen LogP contribution < -0.4 is 11.2 Å². The van der Waals surface area contributed by atoms with Crippen LogP contribution in [0.3, 0.4) is 0 Å². The molecule has 0 aliphatic carbocycles. The summed E-state index contributed by atoms with van der Waals surface area (Å²) in [6, 6.07) is 19.0. The zero-order valence-corrected chi connectivity index (χ0v) is 14.1. The topological polar surface area (TPSA) is 70.4 Å². The van der Waals surface area contributed by atoms with Crippen molar-refractivity contribution in [1.29, 1.82) is 0 Å². The van der Waals surface area contributed by atoms with Crippen LogP contribution in [0.5, 0.6) is 0 Å². The van der Waals surface area contributed by atoms with E-state index in [2.05, 4.69) is 75.3 Å². The molecule has 120 valence electrons. The Kier molecular flexibility index (Phi) is 3.84.